The van der Waals surface area contributed by atoms with Gasteiger partial charge in [0.15, 0.2) is 0 Å². The third-order valence-corrected chi connectivity index (χ3v) is 5.95. The van der Waals surface area contributed by atoms with Crippen molar-refractivity contribution >= 4 is 23.3 Å². The monoisotopic (exact) mass is 480 g/mol. The maximum absolute atomic E-state index is 13.2. The van der Waals surface area contributed by atoms with E-state index in [1.807, 2.05) is 18.2 Å². The first-order chi connectivity index (χ1) is 16.8. The van der Waals surface area contributed by atoms with Gasteiger partial charge in [-0.05, 0) is 37.8 Å². The molecule has 0 fully saturated rings. The van der Waals surface area contributed by atoms with Crippen LogP contribution in [0, 0.1) is 16.0 Å². The Morgan fingerprint density at radius 1 is 1.17 bits per heavy atom. The summed E-state index contributed by atoms with van der Waals surface area (Å²) in [5, 5.41) is 22.1. The van der Waals surface area contributed by atoms with Crippen LogP contribution in [0.15, 0.2) is 70.9 Å². The normalized spacial score (nSPS) is 18.5. The number of aliphatic hydroxyl groups excluding tert-OH is 1. The van der Waals surface area contributed by atoms with Crippen LogP contribution in [-0.4, -0.2) is 41.4 Å². The Morgan fingerprint density at radius 2 is 1.89 bits per heavy atom. The van der Waals surface area contributed by atoms with Crippen molar-refractivity contribution in [2.24, 2.45) is 10.9 Å². The fourth-order valence-electron chi connectivity index (χ4n) is 4.31. The Balaban J connectivity index is 2.12. The number of nitro benzene ring substituents is 1. The van der Waals surface area contributed by atoms with Crippen LogP contribution in [0.2, 0.25) is 0 Å². The highest BCUT2D eigenvalue weighted by Crippen LogP contribution is 2.42. The summed E-state index contributed by atoms with van der Waals surface area (Å²) >= 11 is 0. The zero-order valence-corrected chi connectivity index (χ0v) is 19.8. The van der Waals surface area contributed by atoms with E-state index in [2.05, 4.69) is 4.99 Å². The van der Waals surface area contributed by atoms with E-state index >= 15 is 0 Å². The molecule has 3 rings (SSSR count). The standard InChI is InChI=1S/C26H28N2O7/c1-4-35-26(31)24-20(13-14-21(29)17-9-6-5-7-10-17)27-16(2)22(25(30)34-3)23(24)18-11-8-12-19(15-18)28(32)33/h5-12,15,21-23,29H,4,13-14H2,1-3H3. The van der Waals surface area contributed by atoms with Crippen LogP contribution in [0.5, 0.6) is 0 Å². The van der Waals surface area contributed by atoms with Gasteiger partial charge in [-0.15, -0.1) is 0 Å². The molecule has 184 valence electrons. The highest BCUT2D eigenvalue weighted by molar-refractivity contribution is 6.07. The minimum Gasteiger partial charge on any atom is -0.468 e. The second kappa shape index (κ2) is 11.5. The lowest BCUT2D eigenvalue weighted by atomic mass is 9.75. The van der Waals surface area contributed by atoms with Crippen LogP contribution in [0.4, 0.5) is 5.69 Å². The fourth-order valence-corrected chi connectivity index (χ4v) is 4.31. The molecule has 0 saturated carbocycles. The number of ether oxygens (including phenoxy) is 2. The van der Waals surface area contributed by atoms with E-state index in [-0.39, 0.29) is 30.7 Å². The van der Waals surface area contributed by atoms with E-state index in [1.165, 1.54) is 25.3 Å². The number of hydrogen-bond acceptors (Lipinski definition) is 8. The number of non-ortho nitro benzene ring substituents is 1. The minimum atomic E-state index is -0.968. The molecule has 35 heavy (non-hydrogen) atoms. The molecule has 0 spiro atoms. The molecule has 0 saturated heterocycles. The summed E-state index contributed by atoms with van der Waals surface area (Å²) in [6.45, 7) is 3.41. The topological polar surface area (TPSA) is 128 Å². The van der Waals surface area contributed by atoms with E-state index in [4.69, 9.17) is 9.47 Å². The number of methoxy groups -OCH3 is 1. The number of esters is 2. The summed E-state index contributed by atoms with van der Waals surface area (Å²) < 4.78 is 10.3. The van der Waals surface area contributed by atoms with Crippen molar-refractivity contribution in [1.82, 2.24) is 0 Å². The van der Waals surface area contributed by atoms with Gasteiger partial charge >= 0.3 is 11.9 Å². The first-order valence-corrected chi connectivity index (χ1v) is 11.3. The molecule has 0 aliphatic carbocycles. The molecule has 2 aromatic carbocycles. The number of carbonyl (C=O) groups is 2. The average molecular weight is 481 g/mol. The third-order valence-electron chi connectivity index (χ3n) is 5.95. The van der Waals surface area contributed by atoms with Crippen LogP contribution < -0.4 is 0 Å². The summed E-state index contributed by atoms with van der Waals surface area (Å²) in [6, 6.07) is 14.9. The first-order valence-electron chi connectivity index (χ1n) is 11.3. The van der Waals surface area contributed by atoms with Crippen molar-refractivity contribution in [3.8, 4) is 0 Å². The number of nitrogens with zero attached hydrogens (tertiary/aromatic N) is 2. The van der Waals surface area contributed by atoms with Crippen molar-refractivity contribution in [2.75, 3.05) is 13.7 Å². The second-order valence-corrected chi connectivity index (χ2v) is 8.13. The third kappa shape index (κ3) is 5.81. The van der Waals surface area contributed by atoms with Gasteiger partial charge in [-0.2, -0.15) is 0 Å². The van der Waals surface area contributed by atoms with Gasteiger partial charge in [-0.1, -0.05) is 42.5 Å². The molecule has 1 aliphatic rings. The summed E-state index contributed by atoms with van der Waals surface area (Å²) in [6.07, 6.45) is -0.304. The lowest BCUT2D eigenvalue weighted by molar-refractivity contribution is -0.384. The minimum absolute atomic E-state index is 0.0928. The number of aliphatic imine (C=N–C) groups is 1. The highest BCUT2D eigenvalue weighted by Gasteiger charge is 2.43. The number of hydrogen-bond donors (Lipinski definition) is 1. The molecule has 1 heterocycles. The van der Waals surface area contributed by atoms with Gasteiger partial charge in [0.25, 0.3) is 5.69 Å². The summed E-state index contributed by atoms with van der Waals surface area (Å²) in [7, 11) is 1.24. The predicted molar refractivity (Wildman–Crippen MR) is 129 cm³/mol. The molecule has 9 nitrogen and oxygen atoms in total. The molecule has 3 unspecified atom stereocenters. The largest absolute Gasteiger partial charge is 0.468 e. The number of carbonyl (C=O) groups excluding carboxylic acids is 2. The zero-order valence-electron chi connectivity index (χ0n) is 19.8. The molecule has 2 aromatic rings. The van der Waals surface area contributed by atoms with Crippen molar-refractivity contribution in [3.63, 3.8) is 0 Å². The van der Waals surface area contributed by atoms with Gasteiger partial charge < -0.3 is 14.6 Å². The Morgan fingerprint density at radius 3 is 2.51 bits per heavy atom. The molecular weight excluding hydrogens is 452 g/mol. The van der Waals surface area contributed by atoms with Gasteiger partial charge in [0.2, 0.25) is 0 Å². The van der Waals surface area contributed by atoms with Crippen LogP contribution in [0.3, 0.4) is 0 Å². The highest BCUT2D eigenvalue weighted by atomic mass is 16.6. The van der Waals surface area contributed by atoms with Gasteiger partial charge in [0, 0.05) is 23.8 Å². The Hall–Kier alpha value is -3.85. The predicted octanol–water partition coefficient (Wildman–Crippen LogP) is 4.27. The van der Waals surface area contributed by atoms with Crippen molar-refractivity contribution in [3.05, 3.63) is 87.1 Å². The maximum Gasteiger partial charge on any atom is 0.336 e. The molecular formula is C26H28N2O7. The lowest BCUT2D eigenvalue weighted by Crippen LogP contribution is -2.36. The summed E-state index contributed by atoms with van der Waals surface area (Å²) in [5.74, 6) is -3.15. The Labute approximate surface area is 203 Å². The maximum atomic E-state index is 13.2. The number of nitro groups is 1. The van der Waals surface area contributed by atoms with Crippen LogP contribution in [0.1, 0.15) is 49.8 Å². The van der Waals surface area contributed by atoms with Crippen LogP contribution in [0.25, 0.3) is 0 Å². The molecule has 1 N–H and O–H groups in total. The molecule has 0 amide bonds. The van der Waals surface area contributed by atoms with Gasteiger partial charge in [0.05, 0.1) is 36.0 Å². The SMILES string of the molecule is CCOC(=O)C1=C(CCC(O)c2ccccc2)N=C(C)C(C(=O)OC)C1c1cccc([N+](=O)[O-])c1. The molecule has 3 atom stereocenters. The first kappa shape index (κ1) is 25.8. The van der Waals surface area contributed by atoms with E-state index in [9.17, 15) is 24.8 Å². The van der Waals surface area contributed by atoms with Gasteiger partial charge in [-0.3, -0.25) is 19.9 Å². The average Bonchev–Trinajstić information content (AvgIpc) is 2.86. The summed E-state index contributed by atoms with van der Waals surface area (Å²) in [4.78, 5) is 41.5. The van der Waals surface area contributed by atoms with E-state index in [0.717, 1.165) is 5.56 Å². The zero-order chi connectivity index (χ0) is 25.5. The molecule has 1 aliphatic heterocycles. The van der Waals surface area contributed by atoms with Crippen molar-refractivity contribution in [2.45, 2.75) is 38.7 Å². The molecule has 0 bridgehead atoms. The Kier molecular flexibility index (Phi) is 8.48. The van der Waals surface area contributed by atoms with Crippen molar-refractivity contribution < 1.29 is 29.1 Å². The molecule has 0 aromatic heterocycles. The number of rotatable bonds is 9. The van der Waals surface area contributed by atoms with Crippen molar-refractivity contribution in [1.29, 1.82) is 0 Å². The smallest absolute Gasteiger partial charge is 0.336 e. The molecule has 0 radical (unpaired) electrons. The van der Waals surface area contributed by atoms with Crippen LogP contribution in [-0.2, 0) is 19.1 Å². The number of allylic oxidation sites excluding steroid dienone is 1. The second-order valence-electron chi connectivity index (χ2n) is 8.13. The van der Waals surface area contributed by atoms with E-state index < -0.39 is 34.8 Å². The van der Waals surface area contributed by atoms with Gasteiger partial charge in [0.1, 0.15) is 5.92 Å². The van der Waals surface area contributed by atoms with Crippen LogP contribution >= 0.6 is 0 Å². The quantitative estimate of drug-likeness (QED) is 0.322. The lowest BCUT2D eigenvalue weighted by Gasteiger charge is -2.32. The van der Waals surface area contributed by atoms with Gasteiger partial charge in [-0.25, -0.2) is 4.79 Å². The molecule has 9 heteroatoms. The number of benzene rings is 2. The Bertz CT molecular complexity index is 1160. The van der Waals surface area contributed by atoms with E-state index in [1.54, 1.807) is 32.0 Å². The summed E-state index contributed by atoms with van der Waals surface area (Å²) in [5.41, 5.74) is 1.86. The fraction of sp³-hybridized carbons (Fsp3) is 0.346. The number of aliphatic hydroxyl groups is 1. The van der Waals surface area contributed by atoms with E-state index in [0.29, 0.717) is 17.0 Å².